The van der Waals surface area contributed by atoms with Gasteiger partial charge < -0.3 is 4.74 Å². The van der Waals surface area contributed by atoms with Crippen LogP contribution in [-0.2, 0) is 6.54 Å². The highest BCUT2D eigenvalue weighted by Crippen LogP contribution is 2.16. The first-order valence-corrected chi connectivity index (χ1v) is 6.11. The summed E-state index contributed by atoms with van der Waals surface area (Å²) in [5, 5.41) is 3.65. The molecule has 0 aliphatic heterocycles. The second-order valence-electron chi connectivity index (χ2n) is 4.27. The molecule has 2 aromatic rings. The Kier molecular flexibility index (Phi) is 3.77. The highest BCUT2D eigenvalue weighted by Gasteiger charge is 2.08. The summed E-state index contributed by atoms with van der Waals surface area (Å²) in [5.74, 6) is 0.739. The predicted molar refractivity (Wildman–Crippen MR) is 71.3 cm³/mol. The number of aryl methyl sites for hydroxylation is 1. The van der Waals surface area contributed by atoms with E-state index in [2.05, 4.69) is 5.10 Å². The number of aromatic amines is 1. The Bertz CT molecular complexity index is 571. The van der Waals surface area contributed by atoms with Crippen molar-refractivity contribution in [2.75, 3.05) is 0 Å². The minimum absolute atomic E-state index is 0.0425. The molecule has 1 aromatic carbocycles. The number of ether oxygens (including phenoxy) is 1. The second kappa shape index (κ2) is 5.31. The topological polar surface area (TPSA) is 47.0 Å². The van der Waals surface area contributed by atoms with Gasteiger partial charge in [-0.05, 0) is 38.1 Å². The maximum absolute atomic E-state index is 11.5. The van der Waals surface area contributed by atoms with E-state index >= 15 is 0 Å². The van der Waals surface area contributed by atoms with Crippen LogP contribution in [0.2, 0.25) is 5.02 Å². The van der Waals surface area contributed by atoms with Crippen molar-refractivity contribution in [3.8, 4) is 5.75 Å². The van der Waals surface area contributed by atoms with Crippen molar-refractivity contribution in [1.82, 2.24) is 9.78 Å². The SMILES string of the molecule is Cc1cc(=O)n(CC(C)Oc2ccc(Cl)cc2)[nH]1. The van der Waals surface area contributed by atoms with Gasteiger partial charge in [-0.3, -0.25) is 9.89 Å². The average Bonchev–Trinajstić information content (AvgIpc) is 2.61. The van der Waals surface area contributed by atoms with Crippen LogP contribution in [0.1, 0.15) is 12.6 Å². The van der Waals surface area contributed by atoms with E-state index in [-0.39, 0.29) is 11.7 Å². The van der Waals surface area contributed by atoms with Crippen molar-refractivity contribution < 1.29 is 4.74 Å². The zero-order valence-electron chi connectivity index (χ0n) is 10.3. The molecule has 18 heavy (non-hydrogen) atoms. The number of hydrogen-bond donors (Lipinski definition) is 1. The fourth-order valence-corrected chi connectivity index (χ4v) is 1.86. The minimum Gasteiger partial charge on any atom is -0.489 e. The Morgan fingerprint density at radius 3 is 2.61 bits per heavy atom. The van der Waals surface area contributed by atoms with E-state index in [0.717, 1.165) is 11.4 Å². The van der Waals surface area contributed by atoms with Crippen LogP contribution in [0.5, 0.6) is 5.75 Å². The van der Waals surface area contributed by atoms with Gasteiger partial charge in [-0.15, -0.1) is 0 Å². The Labute approximate surface area is 110 Å². The van der Waals surface area contributed by atoms with E-state index < -0.39 is 0 Å². The number of nitrogens with zero attached hydrogens (tertiary/aromatic N) is 1. The smallest absolute Gasteiger partial charge is 0.266 e. The molecule has 0 amide bonds. The Morgan fingerprint density at radius 2 is 2.06 bits per heavy atom. The molecule has 0 aliphatic rings. The molecule has 4 nitrogen and oxygen atoms in total. The molecule has 1 N–H and O–H groups in total. The highest BCUT2D eigenvalue weighted by atomic mass is 35.5. The third-order valence-corrected chi connectivity index (χ3v) is 2.76. The number of hydrogen-bond acceptors (Lipinski definition) is 2. The van der Waals surface area contributed by atoms with Gasteiger partial charge in [-0.1, -0.05) is 11.6 Å². The van der Waals surface area contributed by atoms with Crippen molar-refractivity contribution in [2.45, 2.75) is 26.5 Å². The molecule has 1 aromatic heterocycles. The summed E-state index contributed by atoms with van der Waals surface area (Å²) in [6, 6.07) is 8.72. The predicted octanol–water partition coefficient (Wildman–Crippen LogP) is 2.61. The van der Waals surface area contributed by atoms with Crippen molar-refractivity contribution in [1.29, 1.82) is 0 Å². The number of benzene rings is 1. The Balaban J connectivity index is 2.00. The molecule has 1 atom stereocenters. The monoisotopic (exact) mass is 266 g/mol. The van der Waals surface area contributed by atoms with Crippen LogP contribution >= 0.6 is 11.6 Å². The number of nitrogens with one attached hydrogen (secondary N) is 1. The molecule has 5 heteroatoms. The molecule has 2 rings (SSSR count). The second-order valence-corrected chi connectivity index (χ2v) is 4.71. The van der Waals surface area contributed by atoms with E-state index in [1.165, 1.54) is 4.68 Å². The Hall–Kier alpha value is -1.68. The first-order chi connectivity index (χ1) is 8.54. The molecule has 0 saturated carbocycles. The van der Waals surface area contributed by atoms with Crippen LogP contribution in [0.15, 0.2) is 35.1 Å². The number of rotatable bonds is 4. The molecular formula is C13H15ClN2O2. The van der Waals surface area contributed by atoms with E-state index in [1.807, 2.05) is 26.0 Å². The lowest BCUT2D eigenvalue weighted by Gasteiger charge is -2.14. The lowest BCUT2D eigenvalue weighted by atomic mass is 10.3. The molecule has 1 unspecified atom stereocenters. The molecule has 0 spiro atoms. The van der Waals surface area contributed by atoms with E-state index in [0.29, 0.717) is 11.6 Å². The molecule has 0 saturated heterocycles. The highest BCUT2D eigenvalue weighted by molar-refractivity contribution is 6.30. The summed E-state index contributed by atoms with van der Waals surface area (Å²) >= 11 is 5.80. The molecule has 0 aliphatic carbocycles. The number of H-pyrrole nitrogens is 1. The van der Waals surface area contributed by atoms with Gasteiger partial charge in [0.05, 0.1) is 6.54 Å². The van der Waals surface area contributed by atoms with Gasteiger partial charge in [0.1, 0.15) is 11.9 Å². The fourth-order valence-electron chi connectivity index (χ4n) is 1.74. The molecule has 1 heterocycles. The van der Waals surface area contributed by atoms with Crippen molar-refractivity contribution in [3.63, 3.8) is 0 Å². The van der Waals surface area contributed by atoms with E-state index in [9.17, 15) is 4.79 Å². The average molecular weight is 267 g/mol. The van der Waals surface area contributed by atoms with E-state index in [4.69, 9.17) is 16.3 Å². The van der Waals surface area contributed by atoms with Gasteiger partial charge in [0, 0.05) is 16.8 Å². The molecule has 0 bridgehead atoms. The van der Waals surface area contributed by atoms with Crippen LogP contribution in [0.25, 0.3) is 0 Å². The van der Waals surface area contributed by atoms with Crippen molar-refractivity contribution >= 4 is 11.6 Å². The maximum atomic E-state index is 11.5. The standard InChI is InChI=1S/C13H15ClN2O2/c1-9-7-13(17)16(15-9)8-10(2)18-12-5-3-11(14)4-6-12/h3-7,10,15H,8H2,1-2H3. The van der Waals surface area contributed by atoms with E-state index in [1.54, 1.807) is 18.2 Å². The molecule has 96 valence electrons. The first-order valence-electron chi connectivity index (χ1n) is 5.73. The lowest BCUT2D eigenvalue weighted by Crippen LogP contribution is -2.26. The number of aromatic nitrogens is 2. The third-order valence-electron chi connectivity index (χ3n) is 2.51. The number of halogens is 1. The summed E-state index contributed by atoms with van der Waals surface area (Å²) in [6.07, 6.45) is -0.109. The van der Waals surface area contributed by atoms with Gasteiger partial charge in [-0.25, -0.2) is 4.68 Å². The quantitative estimate of drug-likeness (QED) is 0.925. The van der Waals surface area contributed by atoms with Crippen LogP contribution < -0.4 is 10.3 Å². The van der Waals surface area contributed by atoms with Crippen LogP contribution in [-0.4, -0.2) is 15.9 Å². The zero-order chi connectivity index (χ0) is 13.1. The molecule has 0 fully saturated rings. The van der Waals surface area contributed by atoms with Crippen molar-refractivity contribution in [2.24, 2.45) is 0 Å². The summed E-state index contributed by atoms with van der Waals surface area (Å²) in [4.78, 5) is 11.5. The fraction of sp³-hybridized carbons (Fsp3) is 0.308. The Morgan fingerprint density at radius 1 is 1.39 bits per heavy atom. The molecular weight excluding hydrogens is 252 g/mol. The van der Waals surface area contributed by atoms with Gasteiger partial charge in [-0.2, -0.15) is 0 Å². The summed E-state index contributed by atoms with van der Waals surface area (Å²) in [5.41, 5.74) is 0.803. The maximum Gasteiger partial charge on any atom is 0.266 e. The third kappa shape index (κ3) is 3.17. The minimum atomic E-state index is -0.109. The summed E-state index contributed by atoms with van der Waals surface area (Å²) in [6.45, 7) is 4.25. The molecule has 0 radical (unpaired) electrons. The van der Waals surface area contributed by atoms with Crippen LogP contribution in [0.4, 0.5) is 0 Å². The zero-order valence-corrected chi connectivity index (χ0v) is 11.1. The van der Waals surface area contributed by atoms with Gasteiger partial charge >= 0.3 is 0 Å². The summed E-state index contributed by atoms with van der Waals surface area (Å²) in [7, 11) is 0. The van der Waals surface area contributed by atoms with Crippen LogP contribution in [0.3, 0.4) is 0 Å². The summed E-state index contributed by atoms with van der Waals surface area (Å²) < 4.78 is 7.24. The first kappa shape index (κ1) is 12.8. The van der Waals surface area contributed by atoms with Gasteiger partial charge in [0.25, 0.3) is 5.56 Å². The normalized spacial score (nSPS) is 12.4. The van der Waals surface area contributed by atoms with Crippen LogP contribution in [0, 0.1) is 6.92 Å². The van der Waals surface area contributed by atoms with Crippen molar-refractivity contribution in [3.05, 3.63) is 51.4 Å². The van der Waals surface area contributed by atoms with Gasteiger partial charge in [0.2, 0.25) is 0 Å². The van der Waals surface area contributed by atoms with Gasteiger partial charge in [0.15, 0.2) is 0 Å². The largest absolute Gasteiger partial charge is 0.489 e. The lowest BCUT2D eigenvalue weighted by molar-refractivity contribution is 0.192.